The normalized spacial score (nSPS) is 23.3. The van der Waals surface area contributed by atoms with Crippen LogP contribution in [0.1, 0.15) is 26.2 Å². The fraction of sp³-hybridized carbons (Fsp3) is 0.889. The number of rotatable bonds is 2. The first-order valence-electron chi connectivity index (χ1n) is 4.77. The van der Waals surface area contributed by atoms with E-state index in [1.165, 1.54) is 4.90 Å². The van der Waals surface area contributed by atoms with Gasteiger partial charge < -0.3 is 4.90 Å². The highest BCUT2D eigenvalue weighted by molar-refractivity contribution is 6.30. The summed E-state index contributed by atoms with van der Waals surface area (Å²) in [5, 5.41) is -0.663. The van der Waals surface area contributed by atoms with Crippen LogP contribution >= 0.6 is 11.6 Å². The highest BCUT2D eigenvalue weighted by Gasteiger charge is 2.38. The van der Waals surface area contributed by atoms with Crippen molar-refractivity contribution < 1.29 is 13.6 Å². The van der Waals surface area contributed by atoms with E-state index in [-0.39, 0.29) is 12.3 Å². The van der Waals surface area contributed by atoms with E-state index in [2.05, 4.69) is 0 Å². The number of hydrogen-bond acceptors (Lipinski definition) is 1. The lowest BCUT2D eigenvalue weighted by molar-refractivity contribution is -0.141. The van der Waals surface area contributed by atoms with Gasteiger partial charge in [-0.25, -0.2) is 8.78 Å². The summed E-state index contributed by atoms with van der Waals surface area (Å²) in [4.78, 5) is 12.6. The molecular weight excluding hydrogens is 212 g/mol. The molecule has 1 fully saturated rings. The Morgan fingerprint density at radius 3 is 2.79 bits per heavy atom. The van der Waals surface area contributed by atoms with E-state index in [0.717, 1.165) is 0 Å². The van der Waals surface area contributed by atoms with Gasteiger partial charge in [-0.2, -0.15) is 0 Å². The molecule has 1 rings (SSSR count). The zero-order valence-electron chi connectivity index (χ0n) is 8.10. The van der Waals surface area contributed by atoms with Crippen LogP contribution in [0.15, 0.2) is 0 Å². The van der Waals surface area contributed by atoms with Gasteiger partial charge in [0, 0.05) is 13.0 Å². The molecule has 2 nitrogen and oxygen atoms in total. The monoisotopic (exact) mass is 225 g/mol. The van der Waals surface area contributed by atoms with Gasteiger partial charge in [0.05, 0.1) is 6.54 Å². The van der Waals surface area contributed by atoms with Crippen molar-refractivity contribution in [2.24, 2.45) is 0 Å². The van der Waals surface area contributed by atoms with Gasteiger partial charge in [0.2, 0.25) is 5.91 Å². The first kappa shape index (κ1) is 11.7. The Kier molecular flexibility index (Phi) is 3.70. The predicted octanol–water partition coefficient (Wildman–Crippen LogP) is 2.26. The van der Waals surface area contributed by atoms with E-state index in [1.807, 2.05) is 0 Å². The first-order chi connectivity index (χ1) is 6.46. The second-order valence-electron chi connectivity index (χ2n) is 3.60. The summed E-state index contributed by atoms with van der Waals surface area (Å²) in [7, 11) is 0. The van der Waals surface area contributed by atoms with E-state index >= 15 is 0 Å². The molecule has 0 saturated carbocycles. The van der Waals surface area contributed by atoms with Crippen molar-refractivity contribution in [1.82, 2.24) is 4.90 Å². The van der Waals surface area contributed by atoms with Crippen LogP contribution in [0.5, 0.6) is 0 Å². The van der Waals surface area contributed by atoms with Crippen molar-refractivity contribution in [2.45, 2.75) is 37.5 Å². The minimum absolute atomic E-state index is 0.129. The summed E-state index contributed by atoms with van der Waals surface area (Å²) in [6.45, 7) is 1.68. The lowest BCUT2D eigenvalue weighted by Gasteiger charge is -2.33. The largest absolute Gasteiger partial charge is 0.335 e. The predicted molar refractivity (Wildman–Crippen MR) is 50.7 cm³/mol. The number of carbonyl (C=O) groups is 1. The van der Waals surface area contributed by atoms with Crippen LogP contribution in [0.2, 0.25) is 0 Å². The summed E-state index contributed by atoms with van der Waals surface area (Å²) < 4.78 is 25.9. The van der Waals surface area contributed by atoms with Crippen LogP contribution < -0.4 is 0 Å². The van der Waals surface area contributed by atoms with Crippen LogP contribution in [0.4, 0.5) is 8.78 Å². The summed E-state index contributed by atoms with van der Waals surface area (Å²) >= 11 is 5.71. The third kappa shape index (κ3) is 2.80. The maximum Gasteiger partial charge on any atom is 0.265 e. The smallest absolute Gasteiger partial charge is 0.265 e. The minimum atomic E-state index is -2.74. The van der Waals surface area contributed by atoms with E-state index < -0.39 is 17.8 Å². The molecule has 0 unspecified atom stereocenters. The number of piperidine rings is 1. The average Bonchev–Trinajstić information content (AvgIpc) is 2.14. The van der Waals surface area contributed by atoms with Crippen molar-refractivity contribution in [3.8, 4) is 0 Å². The molecule has 0 aromatic heterocycles. The van der Waals surface area contributed by atoms with Crippen LogP contribution in [0.3, 0.4) is 0 Å². The zero-order valence-corrected chi connectivity index (χ0v) is 8.86. The third-order valence-electron chi connectivity index (χ3n) is 2.33. The number of hydrogen-bond donors (Lipinski definition) is 0. The second kappa shape index (κ2) is 4.43. The third-order valence-corrected chi connectivity index (χ3v) is 2.83. The molecule has 82 valence electrons. The van der Waals surface area contributed by atoms with Gasteiger partial charge >= 0.3 is 0 Å². The topological polar surface area (TPSA) is 20.3 Å². The molecule has 5 heteroatoms. The van der Waals surface area contributed by atoms with Crippen molar-refractivity contribution >= 4 is 17.5 Å². The molecule has 0 aromatic carbocycles. The molecule has 0 N–H and O–H groups in total. The Labute approximate surface area is 87.2 Å². The van der Waals surface area contributed by atoms with Crippen LogP contribution in [-0.4, -0.2) is 35.2 Å². The molecule has 1 atom stereocenters. The van der Waals surface area contributed by atoms with E-state index in [1.54, 1.807) is 6.92 Å². The van der Waals surface area contributed by atoms with E-state index in [0.29, 0.717) is 19.4 Å². The number of alkyl halides is 3. The number of amides is 1. The van der Waals surface area contributed by atoms with Gasteiger partial charge in [-0.3, -0.25) is 4.79 Å². The molecule has 1 aliphatic rings. The molecule has 0 radical (unpaired) electrons. The maximum atomic E-state index is 12.9. The Bertz CT molecular complexity index is 223. The average molecular weight is 226 g/mol. The standard InChI is InChI=1S/C9H14ClF2NO/c1-2-7(10)8(14)13-5-3-4-9(11,12)6-13/h7H,2-6H2,1H3/t7-/m0/s1. The summed E-state index contributed by atoms with van der Waals surface area (Å²) in [6, 6.07) is 0. The lowest BCUT2D eigenvalue weighted by atomic mass is 10.1. The van der Waals surface area contributed by atoms with Gasteiger partial charge in [-0.05, 0) is 12.8 Å². The fourth-order valence-electron chi connectivity index (χ4n) is 1.53. The second-order valence-corrected chi connectivity index (χ2v) is 4.12. The molecule has 0 bridgehead atoms. The van der Waals surface area contributed by atoms with Crippen molar-refractivity contribution in [1.29, 1.82) is 0 Å². The summed E-state index contributed by atoms with van der Waals surface area (Å²) in [5.74, 6) is -3.10. The number of halogens is 3. The van der Waals surface area contributed by atoms with E-state index in [9.17, 15) is 13.6 Å². The number of nitrogens with zero attached hydrogens (tertiary/aromatic N) is 1. The van der Waals surface area contributed by atoms with Crippen molar-refractivity contribution in [3.63, 3.8) is 0 Å². The fourth-order valence-corrected chi connectivity index (χ4v) is 1.66. The molecule has 1 aliphatic heterocycles. The van der Waals surface area contributed by atoms with Crippen molar-refractivity contribution in [3.05, 3.63) is 0 Å². The Morgan fingerprint density at radius 2 is 2.29 bits per heavy atom. The summed E-state index contributed by atoms with van der Waals surface area (Å²) in [5.41, 5.74) is 0. The molecule has 1 saturated heterocycles. The highest BCUT2D eigenvalue weighted by Crippen LogP contribution is 2.27. The zero-order chi connectivity index (χ0) is 10.8. The molecule has 1 heterocycles. The van der Waals surface area contributed by atoms with Crippen molar-refractivity contribution in [2.75, 3.05) is 13.1 Å². The van der Waals surface area contributed by atoms with Crippen LogP contribution in [-0.2, 0) is 4.79 Å². The van der Waals surface area contributed by atoms with Gasteiger partial charge in [-0.1, -0.05) is 6.92 Å². The number of carbonyl (C=O) groups excluding carboxylic acids is 1. The Morgan fingerprint density at radius 1 is 1.64 bits per heavy atom. The number of likely N-dealkylation sites (tertiary alicyclic amines) is 1. The summed E-state index contributed by atoms with van der Waals surface area (Å²) in [6.07, 6.45) is 0.699. The minimum Gasteiger partial charge on any atom is -0.335 e. The SMILES string of the molecule is CC[C@H](Cl)C(=O)N1CCCC(F)(F)C1. The first-order valence-corrected chi connectivity index (χ1v) is 5.20. The molecule has 0 spiro atoms. The molecular formula is C9H14ClF2NO. The maximum absolute atomic E-state index is 12.9. The molecule has 0 aromatic rings. The molecule has 14 heavy (non-hydrogen) atoms. The van der Waals surface area contributed by atoms with Gasteiger partial charge in [0.1, 0.15) is 5.38 Å². The van der Waals surface area contributed by atoms with Crippen LogP contribution in [0, 0.1) is 0 Å². The van der Waals surface area contributed by atoms with Gasteiger partial charge in [-0.15, -0.1) is 11.6 Å². The molecule has 1 amide bonds. The lowest BCUT2D eigenvalue weighted by Crippen LogP contribution is -2.48. The molecule has 0 aliphatic carbocycles. The highest BCUT2D eigenvalue weighted by atomic mass is 35.5. The quantitative estimate of drug-likeness (QED) is 0.661. The van der Waals surface area contributed by atoms with Gasteiger partial charge in [0.25, 0.3) is 5.92 Å². The Balaban J connectivity index is 2.56. The van der Waals surface area contributed by atoms with E-state index in [4.69, 9.17) is 11.6 Å². The van der Waals surface area contributed by atoms with Gasteiger partial charge in [0.15, 0.2) is 0 Å². The van der Waals surface area contributed by atoms with Crippen LogP contribution in [0.25, 0.3) is 0 Å². The Hall–Kier alpha value is -0.380.